The average Bonchev–Trinajstić information content (AvgIpc) is 3.04. The van der Waals surface area contributed by atoms with Crippen LogP contribution in [0.15, 0.2) is 54.7 Å². The first kappa shape index (κ1) is 15.8. The third-order valence-corrected chi connectivity index (χ3v) is 4.02. The van der Waals surface area contributed by atoms with Crippen LogP contribution in [0.4, 0.5) is 0 Å². The van der Waals surface area contributed by atoms with E-state index in [0.29, 0.717) is 11.1 Å². The summed E-state index contributed by atoms with van der Waals surface area (Å²) in [6.45, 7) is 1.80. The summed E-state index contributed by atoms with van der Waals surface area (Å²) in [4.78, 5) is 27.6. The Labute approximate surface area is 139 Å². The van der Waals surface area contributed by atoms with Gasteiger partial charge in [-0.3, -0.25) is 4.79 Å². The van der Waals surface area contributed by atoms with Crippen molar-refractivity contribution in [2.75, 3.05) is 7.11 Å². The molecule has 122 valence electrons. The maximum atomic E-state index is 12.5. The van der Waals surface area contributed by atoms with E-state index in [2.05, 4.69) is 10.3 Å². The molecular formula is C19H18N2O3. The molecule has 5 nitrogen and oxygen atoms in total. The van der Waals surface area contributed by atoms with Crippen LogP contribution in [0.2, 0.25) is 0 Å². The van der Waals surface area contributed by atoms with Crippen LogP contribution in [-0.4, -0.2) is 24.0 Å². The molecule has 0 radical (unpaired) electrons. The van der Waals surface area contributed by atoms with Crippen LogP contribution in [0.1, 0.15) is 27.7 Å². The highest BCUT2D eigenvalue weighted by molar-refractivity contribution is 5.98. The summed E-state index contributed by atoms with van der Waals surface area (Å²) in [5.74, 6) is -0.830. The minimum Gasteiger partial charge on any atom is -0.467 e. The van der Waals surface area contributed by atoms with E-state index >= 15 is 0 Å². The van der Waals surface area contributed by atoms with Gasteiger partial charge in [0.1, 0.15) is 0 Å². The van der Waals surface area contributed by atoms with E-state index < -0.39 is 12.0 Å². The van der Waals surface area contributed by atoms with Crippen molar-refractivity contribution in [1.82, 2.24) is 10.3 Å². The predicted molar refractivity (Wildman–Crippen MR) is 91.7 cm³/mol. The van der Waals surface area contributed by atoms with E-state index in [9.17, 15) is 9.59 Å². The molecule has 0 fully saturated rings. The summed E-state index contributed by atoms with van der Waals surface area (Å²) >= 11 is 0. The van der Waals surface area contributed by atoms with Crippen molar-refractivity contribution < 1.29 is 14.3 Å². The number of nitrogens with one attached hydrogen (secondary N) is 2. The van der Waals surface area contributed by atoms with Crippen LogP contribution in [0.5, 0.6) is 0 Å². The fraction of sp³-hybridized carbons (Fsp3) is 0.158. The van der Waals surface area contributed by atoms with Crippen molar-refractivity contribution in [3.05, 3.63) is 71.5 Å². The Hall–Kier alpha value is -3.08. The molecule has 5 heteroatoms. The van der Waals surface area contributed by atoms with Crippen LogP contribution < -0.4 is 5.32 Å². The lowest BCUT2D eigenvalue weighted by molar-refractivity contribution is -0.143. The molecule has 1 atom stereocenters. The van der Waals surface area contributed by atoms with Crippen LogP contribution >= 0.6 is 0 Å². The molecule has 1 aromatic heterocycles. The molecule has 1 amide bonds. The number of benzene rings is 2. The van der Waals surface area contributed by atoms with Gasteiger partial charge in [0.05, 0.1) is 12.7 Å². The Morgan fingerprint density at radius 3 is 2.50 bits per heavy atom. The molecule has 2 N–H and O–H groups in total. The van der Waals surface area contributed by atoms with E-state index in [1.54, 1.807) is 19.2 Å². The van der Waals surface area contributed by atoms with E-state index in [-0.39, 0.29) is 5.91 Å². The van der Waals surface area contributed by atoms with Crippen LogP contribution in [-0.2, 0) is 9.53 Å². The second kappa shape index (κ2) is 6.58. The molecule has 0 saturated carbocycles. The summed E-state index contributed by atoms with van der Waals surface area (Å²) in [5, 5.41) is 4.82. The maximum Gasteiger partial charge on any atom is 0.333 e. The second-order valence-electron chi connectivity index (χ2n) is 5.55. The number of ether oxygens (including phenoxy) is 1. The first-order valence-electron chi connectivity index (χ1n) is 7.61. The van der Waals surface area contributed by atoms with Gasteiger partial charge < -0.3 is 15.0 Å². The van der Waals surface area contributed by atoms with E-state index in [1.165, 1.54) is 7.11 Å². The third-order valence-electron chi connectivity index (χ3n) is 4.02. The maximum absolute atomic E-state index is 12.5. The van der Waals surface area contributed by atoms with Gasteiger partial charge >= 0.3 is 5.97 Å². The first-order chi connectivity index (χ1) is 11.6. The Bertz CT molecular complexity index is 898. The third kappa shape index (κ3) is 3.01. The first-order valence-corrected chi connectivity index (χ1v) is 7.61. The zero-order valence-electron chi connectivity index (χ0n) is 13.5. The van der Waals surface area contributed by atoms with Gasteiger partial charge in [0, 0.05) is 11.9 Å². The number of methoxy groups -OCH3 is 1. The monoisotopic (exact) mass is 322 g/mol. The number of fused-ring (bicyclic) bond motifs is 1. The zero-order valence-corrected chi connectivity index (χ0v) is 13.5. The summed E-state index contributed by atoms with van der Waals surface area (Å²) in [6.07, 6.45) is 1.69. The molecule has 3 aromatic rings. The van der Waals surface area contributed by atoms with Gasteiger partial charge in [0.25, 0.3) is 5.91 Å². The number of aromatic amines is 1. The Morgan fingerprint density at radius 2 is 1.83 bits per heavy atom. The number of carbonyl (C=O) groups excluding carboxylic acids is 2. The van der Waals surface area contributed by atoms with Crippen molar-refractivity contribution in [2.45, 2.75) is 13.0 Å². The predicted octanol–water partition coefficient (Wildman–Crippen LogP) is 3.12. The molecule has 0 aliphatic rings. The van der Waals surface area contributed by atoms with Crippen molar-refractivity contribution in [2.24, 2.45) is 0 Å². The summed E-state index contributed by atoms with van der Waals surface area (Å²) in [5.41, 5.74) is 1.93. The lowest BCUT2D eigenvalue weighted by Crippen LogP contribution is -2.34. The molecule has 0 bridgehead atoms. The van der Waals surface area contributed by atoms with Gasteiger partial charge in [-0.25, -0.2) is 4.79 Å². The number of aryl methyl sites for hydroxylation is 1. The molecule has 24 heavy (non-hydrogen) atoms. The SMILES string of the molecule is COC(=O)[C@H](NC(=O)c1cc[nH]c1C)c1ccc2ccccc2c1. The zero-order chi connectivity index (χ0) is 17.1. The summed E-state index contributed by atoms with van der Waals surface area (Å²) in [7, 11) is 1.31. The molecular weight excluding hydrogens is 304 g/mol. The largest absolute Gasteiger partial charge is 0.467 e. The van der Waals surface area contributed by atoms with Crippen molar-refractivity contribution >= 4 is 22.6 Å². The quantitative estimate of drug-likeness (QED) is 0.725. The number of esters is 1. The van der Waals surface area contributed by atoms with E-state index in [0.717, 1.165) is 16.5 Å². The minimum absolute atomic E-state index is 0.322. The van der Waals surface area contributed by atoms with Gasteiger partial charge in [-0.2, -0.15) is 0 Å². The topological polar surface area (TPSA) is 71.2 Å². The number of hydrogen-bond donors (Lipinski definition) is 2. The summed E-state index contributed by atoms with van der Waals surface area (Å²) in [6, 6.07) is 14.3. The fourth-order valence-corrected chi connectivity index (χ4v) is 2.69. The van der Waals surface area contributed by atoms with Gasteiger partial charge in [-0.15, -0.1) is 0 Å². The highest BCUT2D eigenvalue weighted by atomic mass is 16.5. The highest BCUT2D eigenvalue weighted by Gasteiger charge is 2.25. The van der Waals surface area contributed by atoms with Gasteiger partial charge in [-0.05, 0) is 35.4 Å². The number of rotatable bonds is 4. The lowest BCUT2D eigenvalue weighted by atomic mass is 10.0. The Kier molecular flexibility index (Phi) is 4.33. The number of H-pyrrole nitrogens is 1. The van der Waals surface area contributed by atoms with Crippen LogP contribution in [0.3, 0.4) is 0 Å². The smallest absolute Gasteiger partial charge is 0.333 e. The number of carbonyl (C=O) groups is 2. The molecule has 0 aliphatic heterocycles. The van der Waals surface area contributed by atoms with E-state index in [4.69, 9.17) is 4.74 Å². The van der Waals surface area contributed by atoms with Gasteiger partial charge in [-0.1, -0.05) is 36.4 Å². The second-order valence-corrected chi connectivity index (χ2v) is 5.55. The van der Waals surface area contributed by atoms with Crippen molar-refractivity contribution in [3.63, 3.8) is 0 Å². The molecule has 0 unspecified atom stereocenters. The standard InChI is InChI=1S/C19H18N2O3/c1-12-16(9-10-20-12)18(22)21-17(19(23)24-2)15-8-7-13-5-3-4-6-14(13)11-15/h3-11,17,20H,1-2H3,(H,21,22)/t17-/m1/s1. The minimum atomic E-state index is -0.860. The highest BCUT2D eigenvalue weighted by Crippen LogP contribution is 2.22. The number of hydrogen-bond acceptors (Lipinski definition) is 3. The number of amides is 1. The Morgan fingerprint density at radius 1 is 1.08 bits per heavy atom. The molecule has 0 spiro atoms. The molecule has 0 saturated heterocycles. The summed E-state index contributed by atoms with van der Waals surface area (Å²) < 4.78 is 4.87. The molecule has 3 rings (SSSR count). The average molecular weight is 322 g/mol. The van der Waals surface area contributed by atoms with Crippen molar-refractivity contribution in [3.8, 4) is 0 Å². The molecule has 2 aromatic carbocycles. The van der Waals surface area contributed by atoms with Gasteiger partial charge in [0.15, 0.2) is 6.04 Å². The molecule has 0 aliphatic carbocycles. The lowest BCUT2D eigenvalue weighted by Gasteiger charge is -2.17. The fourth-order valence-electron chi connectivity index (χ4n) is 2.69. The van der Waals surface area contributed by atoms with Gasteiger partial charge in [0.2, 0.25) is 0 Å². The van der Waals surface area contributed by atoms with Crippen molar-refractivity contribution in [1.29, 1.82) is 0 Å². The van der Waals surface area contributed by atoms with Crippen LogP contribution in [0, 0.1) is 6.92 Å². The van der Waals surface area contributed by atoms with Crippen LogP contribution in [0.25, 0.3) is 10.8 Å². The molecule has 1 heterocycles. The van der Waals surface area contributed by atoms with E-state index in [1.807, 2.05) is 42.5 Å². The number of aromatic nitrogens is 1. The normalized spacial score (nSPS) is 11.9. The Balaban J connectivity index is 1.95.